The second-order valence-corrected chi connectivity index (χ2v) is 7.18. The summed E-state index contributed by atoms with van der Waals surface area (Å²) in [4.78, 5) is 38.4. The van der Waals surface area contributed by atoms with Gasteiger partial charge in [-0.3, -0.25) is 4.79 Å². The molecule has 1 aliphatic heterocycles. The Morgan fingerprint density at radius 1 is 1.00 bits per heavy atom. The van der Waals surface area contributed by atoms with E-state index in [-0.39, 0.29) is 13.2 Å². The van der Waals surface area contributed by atoms with Crippen molar-refractivity contribution >= 4 is 17.8 Å². The topological polar surface area (TPSA) is 82.1 Å². The van der Waals surface area contributed by atoms with E-state index in [1.54, 1.807) is 6.07 Å². The molecule has 0 bridgehead atoms. The van der Waals surface area contributed by atoms with Crippen LogP contribution in [0.5, 0.6) is 5.75 Å². The Kier molecular flexibility index (Phi) is 6.72. The lowest BCUT2D eigenvalue weighted by Gasteiger charge is -2.35. The van der Waals surface area contributed by atoms with Crippen molar-refractivity contribution in [3.05, 3.63) is 64.7 Å². The van der Waals surface area contributed by atoms with Crippen molar-refractivity contribution < 1.29 is 28.6 Å². The summed E-state index contributed by atoms with van der Waals surface area (Å²) < 4.78 is 15.5. The second-order valence-electron chi connectivity index (χ2n) is 7.18. The van der Waals surface area contributed by atoms with Crippen molar-refractivity contribution in [2.45, 2.75) is 32.9 Å². The van der Waals surface area contributed by atoms with Gasteiger partial charge in [-0.15, -0.1) is 0 Å². The number of amides is 1. The normalized spacial score (nSPS) is 15.2. The summed E-state index contributed by atoms with van der Waals surface area (Å²) in [5.41, 5.74) is 3.94. The third-order valence-corrected chi connectivity index (χ3v) is 5.30. The van der Waals surface area contributed by atoms with Gasteiger partial charge in [-0.1, -0.05) is 36.4 Å². The van der Waals surface area contributed by atoms with Gasteiger partial charge in [0.15, 0.2) is 13.2 Å². The van der Waals surface area contributed by atoms with Gasteiger partial charge in [0.05, 0.1) is 7.11 Å². The van der Waals surface area contributed by atoms with Crippen LogP contribution in [0.1, 0.15) is 22.3 Å². The summed E-state index contributed by atoms with van der Waals surface area (Å²) >= 11 is 0. The number of nitrogens with zero attached hydrogens (tertiary/aromatic N) is 1. The fourth-order valence-corrected chi connectivity index (χ4v) is 3.42. The molecule has 0 fully saturated rings. The van der Waals surface area contributed by atoms with E-state index in [0.717, 1.165) is 22.3 Å². The van der Waals surface area contributed by atoms with Gasteiger partial charge in [-0.2, -0.15) is 0 Å². The maximum Gasteiger partial charge on any atom is 0.344 e. The molecule has 0 aromatic heterocycles. The van der Waals surface area contributed by atoms with Crippen molar-refractivity contribution in [1.29, 1.82) is 0 Å². The second kappa shape index (κ2) is 9.43. The molecular formula is C23H25NO6. The third-order valence-electron chi connectivity index (χ3n) is 5.30. The van der Waals surface area contributed by atoms with Crippen LogP contribution in [-0.2, 0) is 36.8 Å². The monoisotopic (exact) mass is 411 g/mol. The van der Waals surface area contributed by atoms with Gasteiger partial charge in [-0.25, -0.2) is 9.59 Å². The maximum absolute atomic E-state index is 12.7. The molecule has 0 spiro atoms. The summed E-state index contributed by atoms with van der Waals surface area (Å²) in [6.45, 7) is 3.34. The maximum atomic E-state index is 12.7. The van der Waals surface area contributed by atoms with Crippen molar-refractivity contribution in [2.75, 3.05) is 20.3 Å². The molecule has 3 rings (SSSR count). The lowest BCUT2D eigenvalue weighted by molar-refractivity contribution is -0.160. The number of hydrogen-bond donors (Lipinski definition) is 0. The minimum atomic E-state index is -0.748. The van der Waals surface area contributed by atoms with Crippen LogP contribution in [0, 0.1) is 13.8 Å². The first-order chi connectivity index (χ1) is 14.4. The first-order valence-electron chi connectivity index (χ1n) is 9.69. The summed E-state index contributed by atoms with van der Waals surface area (Å²) in [6.07, 6.45) is 0.359. The molecule has 7 nitrogen and oxygen atoms in total. The molecule has 0 saturated heterocycles. The Balaban J connectivity index is 1.59. The quantitative estimate of drug-likeness (QED) is 0.679. The van der Waals surface area contributed by atoms with Crippen LogP contribution in [0.4, 0.5) is 0 Å². The number of esters is 2. The molecule has 2 aromatic carbocycles. The van der Waals surface area contributed by atoms with Gasteiger partial charge in [0.25, 0.3) is 5.91 Å². The van der Waals surface area contributed by atoms with E-state index in [9.17, 15) is 14.4 Å². The first kappa shape index (κ1) is 21.4. The largest absolute Gasteiger partial charge is 0.482 e. The van der Waals surface area contributed by atoms with Gasteiger partial charge in [0.2, 0.25) is 0 Å². The van der Waals surface area contributed by atoms with E-state index < -0.39 is 30.5 Å². The predicted octanol–water partition coefficient (Wildman–Crippen LogP) is 2.35. The number of carbonyl (C=O) groups is 3. The van der Waals surface area contributed by atoms with E-state index in [2.05, 4.69) is 0 Å². The molecule has 1 aliphatic rings. The minimum Gasteiger partial charge on any atom is -0.482 e. The smallest absolute Gasteiger partial charge is 0.344 e. The van der Waals surface area contributed by atoms with E-state index in [1.165, 1.54) is 12.0 Å². The molecule has 0 saturated carbocycles. The van der Waals surface area contributed by atoms with E-state index >= 15 is 0 Å². The average Bonchev–Trinajstić information content (AvgIpc) is 2.76. The highest BCUT2D eigenvalue weighted by Crippen LogP contribution is 2.24. The van der Waals surface area contributed by atoms with Crippen LogP contribution in [0.25, 0.3) is 0 Å². The Morgan fingerprint density at radius 3 is 2.47 bits per heavy atom. The van der Waals surface area contributed by atoms with Gasteiger partial charge in [0, 0.05) is 13.0 Å². The number of methoxy groups -OCH3 is 1. The molecule has 1 atom stereocenters. The molecule has 158 valence electrons. The number of hydrogen-bond acceptors (Lipinski definition) is 6. The van der Waals surface area contributed by atoms with Crippen LogP contribution < -0.4 is 4.74 Å². The third kappa shape index (κ3) is 4.79. The van der Waals surface area contributed by atoms with Crippen LogP contribution in [0.2, 0.25) is 0 Å². The molecule has 0 N–H and O–H groups in total. The van der Waals surface area contributed by atoms with Crippen LogP contribution in [-0.4, -0.2) is 49.1 Å². The summed E-state index contributed by atoms with van der Waals surface area (Å²) in [5, 5.41) is 0. The zero-order valence-electron chi connectivity index (χ0n) is 17.3. The standard InChI is InChI=1S/C23H25NO6/c1-15-7-6-10-20(16(15)2)29-14-22(26)30-13-21(25)24-12-18-9-5-4-8-17(18)11-19(24)23(27)28-3/h4-10,19H,11-14H2,1-3H3/t19-/m1/s1. The van der Waals surface area contributed by atoms with Crippen LogP contribution >= 0.6 is 0 Å². The minimum absolute atomic E-state index is 0.255. The fraction of sp³-hybridized carbons (Fsp3) is 0.348. The zero-order valence-corrected chi connectivity index (χ0v) is 17.3. The molecule has 30 heavy (non-hydrogen) atoms. The fourth-order valence-electron chi connectivity index (χ4n) is 3.42. The van der Waals surface area contributed by atoms with E-state index in [0.29, 0.717) is 12.2 Å². The van der Waals surface area contributed by atoms with Crippen LogP contribution in [0.15, 0.2) is 42.5 Å². The highest BCUT2D eigenvalue weighted by Gasteiger charge is 2.35. The van der Waals surface area contributed by atoms with E-state index in [4.69, 9.17) is 14.2 Å². The van der Waals surface area contributed by atoms with E-state index in [1.807, 2.05) is 50.2 Å². The van der Waals surface area contributed by atoms with Crippen molar-refractivity contribution in [3.63, 3.8) is 0 Å². The van der Waals surface area contributed by atoms with Gasteiger partial charge < -0.3 is 19.1 Å². The molecule has 0 unspecified atom stereocenters. The van der Waals surface area contributed by atoms with Gasteiger partial charge in [0.1, 0.15) is 11.8 Å². The molecule has 2 aromatic rings. The van der Waals surface area contributed by atoms with Gasteiger partial charge >= 0.3 is 11.9 Å². The summed E-state index contributed by atoms with van der Waals surface area (Å²) in [6, 6.07) is 12.4. The number of fused-ring (bicyclic) bond motifs is 1. The SMILES string of the molecule is COC(=O)[C@H]1Cc2ccccc2CN1C(=O)COC(=O)COc1cccc(C)c1C. The number of aryl methyl sites for hydroxylation is 1. The number of rotatable bonds is 6. The number of ether oxygens (including phenoxy) is 3. The highest BCUT2D eigenvalue weighted by atomic mass is 16.6. The van der Waals surface area contributed by atoms with Crippen molar-refractivity contribution in [1.82, 2.24) is 4.90 Å². The Morgan fingerprint density at radius 2 is 1.73 bits per heavy atom. The van der Waals surface area contributed by atoms with Crippen molar-refractivity contribution in [2.24, 2.45) is 0 Å². The Hall–Kier alpha value is -3.35. The molecule has 0 aliphatic carbocycles. The Bertz CT molecular complexity index is 954. The van der Waals surface area contributed by atoms with Crippen LogP contribution in [0.3, 0.4) is 0 Å². The van der Waals surface area contributed by atoms with Crippen molar-refractivity contribution in [3.8, 4) is 5.75 Å². The lowest BCUT2D eigenvalue weighted by Crippen LogP contribution is -2.50. The average molecular weight is 411 g/mol. The molecule has 0 radical (unpaired) electrons. The first-order valence-corrected chi connectivity index (χ1v) is 9.69. The molecular weight excluding hydrogens is 386 g/mol. The highest BCUT2D eigenvalue weighted by molar-refractivity contribution is 5.87. The summed E-state index contributed by atoms with van der Waals surface area (Å²) in [5.74, 6) is -1.02. The number of benzene rings is 2. The van der Waals surface area contributed by atoms with Gasteiger partial charge in [-0.05, 0) is 42.2 Å². The lowest BCUT2D eigenvalue weighted by atomic mass is 9.94. The predicted molar refractivity (Wildman–Crippen MR) is 109 cm³/mol. The molecule has 1 heterocycles. The molecule has 7 heteroatoms. The molecule has 1 amide bonds. The number of carbonyl (C=O) groups excluding carboxylic acids is 3. The zero-order chi connectivity index (χ0) is 21.7. The Labute approximate surface area is 175 Å². The summed E-state index contributed by atoms with van der Waals surface area (Å²) in [7, 11) is 1.29.